The molecule has 3 aromatic carbocycles. The van der Waals surface area contributed by atoms with Crippen molar-refractivity contribution in [3.05, 3.63) is 110 Å². The molecule has 0 radical (unpaired) electrons. The molecular formula is C24H21BrN4O3. The molecule has 8 heteroatoms. The highest BCUT2D eigenvalue weighted by atomic mass is 79.9. The lowest BCUT2D eigenvalue weighted by atomic mass is 10.1. The quantitative estimate of drug-likeness (QED) is 0.271. The summed E-state index contributed by atoms with van der Waals surface area (Å²) < 4.78 is 0.956. The first-order valence-electron chi connectivity index (χ1n) is 10.1. The van der Waals surface area contributed by atoms with Gasteiger partial charge < -0.3 is 0 Å². The van der Waals surface area contributed by atoms with Crippen LogP contribution in [0.4, 0.5) is 5.69 Å². The number of carbonyl (C=O) groups excluding carboxylic acids is 1. The van der Waals surface area contributed by atoms with E-state index in [0.29, 0.717) is 12.3 Å². The second kappa shape index (κ2) is 9.42. The van der Waals surface area contributed by atoms with Crippen LogP contribution in [0.3, 0.4) is 0 Å². The summed E-state index contributed by atoms with van der Waals surface area (Å²) in [7, 11) is 0. The number of rotatable bonds is 6. The van der Waals surface area contributed by atoms with Gasteiger partial charge in [0, 0.05) is 23.2 Å². The topological polar surface area (TPSA) is 79.0 Å². The molecule has 1 saturated heterocycles. The highest BCUT2D eigenvalue weighted by Gasteiger charge is 2.39. The second-order valence-electron chi connectivity index (χ2n) is 7.54. The Labute approximate surface area is 194 Å². The minimum atomic E-state index is -0.439. The molecule has 3 aromatic rings. The van der Waals surface area contributed by atoms with Gasteiger partial charge in [-0.2, -0.15) is 5.10 Å². The van der Waals surface area contributed by atoms with Gasteiger partial charge in [-0.25, -0.2) is 5.01 Å². The van der Waals surface area contributed by atoms with Crippen molar-refractivity contribution in [1.82, 2.24) is 9.91 Å². The standard InChI is InChI=1S/C24H21BrN4O3/c1-17(19-9-13-22(14-10-19)29(31)32)26-28-23(30)16-27(15-18-5-3-2-4-6-18)24(28)20-7-11-21(25)12-8-20/h2-14,24H,15-16H2,1H3/b26-17-/t24-/m1/s1. The Morgan fingerprint density at radius 2 is 1.72 bits per heavy atom. The molecule has 0 unspecified atom stereocenters. The van der Waals surface area contributed by atoms with E-state index in [2.05, 4.69) is 25.9 Å². The van der Waals surface area contributed by atoms with Crippen molar-refractivity contribution < 1.29 is 9.72 Å². The van der Waals surface area contributed by atoms with Gasteiger partial charge in [-0.3, -0.25) is 19.8 Å². The summed E-state index contributed by atoms with van der Waals surface area (Å²) in [5.41, 5.74) is 3.41. The highest BCUT2D eigenvalue weighted by Crippen LogP contribution is 2.33. The first-order valence-corrected chi connectivity index (χ1v) is 10.9. The summed E-state index contributed by atoms with van der Waals surface area (Å²) in [6, 6.07) is 24.0. The van der Waals surface area contributed by atoms with E-state index >= 15 is 0 Å². The number of benzene rings is 3. The fourth-order valence-electron chi connectivity index (χ4n) is 3.73. The Bertz CT molecular complexity index is 1150. The van der Waals surface area contributed by atoms with Crippen LogP contribution in [0.5, 0.6) is 0 Å². The van der Waals surface area contributed by atoms with E-state index in [4.69, 9.17) is 0 Å². The van der Waals surface area contributed by atoms with Gasteiger partial charge in [-0.1, -0.05) is 58.4 Å². The van der Waals surface area contributed by atoms with Crippen molar-refractivity contribution >= 4 is 33.2 Å². The molecule has 1 aliphatic rings. The lowest BCUT2D eigenvalue weighted by molar-refractivity contribution is -0.384. The summed E-state index contributed by atoms with van der Waals surface area (Å²) in [5, 5.41) is 17.1. The molecule has 1 atom stereocenters. The summed E-state index contributed by atoms with van der Waals surface area (Å²) in [4.78, 5) is 25.6. The van der Waals surface area contributed by atoms with E-state index in [9.17, 15) is 14.9 Å². The molecule has 1 fully saturated rings. The Kier molecular flexibility index (Phi) is 6.43. The number of hydrogen-bond donors (Lipinski definition) is 0. The molecule has 0 aromatic heterocycles. The highest BCUT2D eigenvalue weighted by molar-refractivity contribution is 9.10. The zero-order valence-corrected chi connectivity index (χ0v) is 19.0. The van der Waals surface area contributed by atoms with E-state index in [0.717, 1.165) is 21.2 Å². The number of carbonyl (C=O) groups is 1. The van der Waals surface area contributed by atoms with Gasteiger partial charge in [0.15, 0.2) is 0 Å². The van der Waals surface area contributed by atoms with Gasteiger partial charge >= 0.3 is 0 Å². The third kappa shape index (κ3) is 4.76. The maximum absolute atomic E-state index is 13.0. The lowest BCUT2D eigenvalue weighted by Gasteiger charge is -2.28. The van der Waals surface area contributed by atoms with Gasteiger partial charge in [-0.05, 0) is 47.9 Å². The van der Waals surface area contributed by atoms with E-state index in [1.54, 1.807) is 19.1 Å². The molecule has 0 saturated carbocycles. The first kappa shape index (κ1) is 21.9. The Hall–Kier alpha value is -3.36. The minimum absolute atomic E-state index is 0.0144. The van der Waals surface area contributed by atoms with Gasteiger partial charge in [0.05, 0.1) is 17.2 Å². The lowest BCUT2D eigenvalue weighted by Crippen LogP contribution is -2.29. The van der Waals surface area contributed by atoms with Gasteiger partial charge in [0.2, 0.25) is 0 Å². The average Bonchev–Trinajstić information content (AvgIpc) is 3.09. The number of hydrogen-bond acceptors (Lipinski definition) is 5. The minimum Gasteiger partial charge on any atom is -0.271 e. The Balaban J connectivity index is 1.68. The van der Waals surface area contributed by atoms with E-state index in [1.807, 2.05) is 54.6 Å². The normalized spacial score (nSPS) is 17.1. The maximum Gasteiger partial charge on any atom is 0.269 e. The fourth-order valence-corrected chi connectivity index (χ4v) is 3.99. The molecule has 162 valence electrons. The second-order valence-corrected chi connectivity index (χ2v) is 8.46. The Morgan fingerprint density at radius 1 is 1.06 bits per heavy atom. The maximum atomic E-state index is 13.0. The zero-order chi connectivity index (χ0) is 22.7. The molecule has 1 amide bonds. The largest absolute Gasteiger partial charge is 0.271 e. The average molecular weight is 493 g/mol. The van der Waals surface area contributed by atoms with Gasteiger partial charge in [0.25, 0.3) is 11.6 Å². The molecule has 1 heterocycles. The van der Waals surface area contributed by atoms with Crippen LogP contribution in [0, 0.1) is 10.1 Å². The molecule has 0 aliphatic carbocycles. The van der Waals surface area contributed by atoms with Crippen LogP contribution in [0.25, 0.3) is 0 Å². The predicted octanol–water partition coefficient (Wildman–Crippen LogP) is 5.12. The number of non-ortho nitro benzene ring substituents is 1. The summed E-state index contributed by atoms with van der Waals surface area (Å²) in [6.45, 7) is 2.65. The number of nitrogens with zero attached hydrogens (tertiary/aromatic N) is 4. The number of nitro groups is 1. The monoisotopic (exact) mass is 492 g/mol. The van der Waals surface area contributed by atoms with Crippen molar-refractivity contribution in [2.45, 2.75) is 19.6 Å². The molecule has 0 spiro atoms. The third-order valence-corrected chi connectivity index (χ3v) is 5.85. The van der Waals surface area contributed by atoms with Crippen molar-refractivity contribution in [2.75, 3.05) is 6.54 Å². The van der Waals surface area contributed by atoms with Crippen molar-refractivity contribution in [3.8, 4) is 0 Å². The molecule has 4 rings (SSSR count). The number of nitro benzene ring substituents is 1. The third-order valence-electron chi connectivity index (χ3n) is 5.32. The van der Waals surface area contributed by atoms with Crippen molar-refractivity contribution in [3.63, 3.8) is 0 Å². The molecule has 1 aliphatic heterocycles. The van der Waals surface area contributed by atoms with E-state index < -0.39 is 4.92 Å². The van der Waals surface area contributed by atoms with E-state index in [1.165, 1.54) is 17.1 Å². The van der Waals surface area contributed by atoms with E-state index in [-0.39, 0.29) is 24.3 Å². The summed E-state index contributed by atoms with van der Waals surface area (Å²) >= 11 is 3.47. The molecular weight excluding hydrogens is 472 g/mol. The molecule has 32 heavy (non-hydrogen) atoms. The van der Waals surface area contributed by atoms with Crippen LogP contribution in [0.1, 0.15) is 29.8 Å². The van der Waals surface area contributed by atoms with Gasteiger partial charge in [-0.15, -0.1) is 0 Å². The van der Waals surface area contributed by atoms with Crippen molar-refractivity contribution in [1.29, 1.82) is 0 Å². The van der Waals surface area contributed by atoms with Crippen LogP contribution in [-0.4, -0.2) is 33.0 Å². The van der Waals surface area contributed by atoms with Crippen LogP contribution >= 0.6 is 15.9 Å². The SMILES string of the molecule is C/C(=N/N1C(=O)CN(Cc2ccccc2)[C@H]1c1ccc(Br)cc1)c1ccc([N+](=O)[O-])cc1. The molecule has 0 N–H and O–H groups in total. The summed E-state index contributed by atoms with van der Waals surface area (Å²) in [6.07, 6.45) is -0.358. The van der Waals surface area contributed by atoms with Gasteiger partial charge in [0.1, 0.15) is 6.17 Å². The van der Waals surface area contributed by atoms with Crippen molar-refractivity contribution in [2.24, 2.45) is 5.10 Å². The smallest absolute Gasteiger partial charge is 0.269 e. The number of hydrazone groups is 1. The van der Waals surface area contributed by atoms with Crippen LogP contribution in [0.15, 0.2) is 88.4 Å². The summed E-state index contributed by atoms with van der Waals surface area (Å²) in [5.74, 6) is -0.102. The Morgan fingerprint density at radius 3 is 2.34 bits per heavy atom. The number of amides is 1. The van der Waals surface area contributed by atoms with Crippen LogP contribution < -0.4 is 0 Å². The zero-order valence-electron chi connectivity index (χ0n) is 17.4. The fraction of sp³-hybridized carbons (Fsp3) is 0.167. The van der Waals surface area contributed by atoms with Crippen LogP contribution in [0.2, 0.25) is 0 Å². The predicted molar refractivity (Wildman–Crippen MR) is 126 cm³/mol. The molecule has 7 nitrogen and oxygen atoms in total. The first-order chi connectivity index (χ1) is 15.4. The number of halogens is 1. The van der Waals surface area contributed by atoms with Crippen LogP contribution in [-0.2, 0) is 11.3 Å². The molecule has 0 bridgehead atoms.